The molecule has 1 aliphatic rings. The lowest BCUT2D eigenvalue weighted by Crippen LogP contribution is -2.68. The van der Waals surface area contributed by atoms with E-state index in [0.29, 0.717) is 5.56 Å². The van der Waals surface area contributed by atoms with Crippen molar-refractivity contribution in [2.45, 2.75) is 69.9 Å². The Labute approximate surface area is 261 Å². The molecule has 5 atom stereocenters. The molecule has 0 radical (unpaired) electrons. The van der Waals surface area contributed by atoms with Crippen molar-refractivity contribution in [1.29, 1.82) is 0 Å². The minimum atomic E-state index is -2.88. The Morgan fingerprint density at radius 2 is 1.27 bits per heavy atom. The van der Waals surface area contributed by atoms with Gasteiger partial charge in [0, 0.05) is 0 Å². The van der Waals surface area contributed by atoms with Crippen LogP contribution in [0.2, 0.25) is 5.04 Å². The van der Waals surface area contributed by atoms with E-state index in [-0.39, 0.29) is 18.3 Å². The number of aliphatic hydroxyl groups is 1. The molecule has 6 nitrogen and oxygen atoms in total. The van der Waals surface area contributed by atoms with Crippen molar-refractivity contribution in [2.75, 3.05) is 6.61 Å². The normalized spacial score (nSPS) is 22.3. The fourth-order valence-corrected chi connectivity index (χ4v) is 10.7. The van der Waals surface area contributed by atoms with Crippen LogP contribution in [0.15, 0.2) is 121 Å². The summed E-state index contributed by atoms with van der Waals surface area (Å²) in [4.78, 5) is 13.1. The number of ether oxygens (including phenoxy) is 3. The van der Waals surface area contributed by atoms with Gasteiger partial charge in [-0.3, -0.25) is 0 Å². The van der Waals surface area contributed by atoms with Gasteiger partial charge in [0.05, 0.1) is 24.9 Å². The van der Waals surface area contributed by atoms with Gasteiger partial charge in [-0.15, -0.1) is 0 Å². The number of hydrogen-bond acceptors (Lipinski definition) is 6. The van der Waals surface area contributed by atoms with Crippen LogP contribution in [0, 0.1) is 0 Å². The number of esters is 1. The van der Waals surface area contributed by atoms with Gasteiger partial charge in [0.1, 0.15) is 18.3 Å². The Balaban J connectivity index is 1.44. The summed E-state index contributed by atoms with van der Waals surface area (Å²) in [5.41, 5.74) is 1.38. The van der Waals surface area contributed by atoms with Crippen molar-refractivity contribution < 1.29 is 28.5 Å². The minimum absolute atomic E-state index is 0.142. The highest BCUT2D eigenvalue weighted by Crippen LogP contribution is 2.38. The van der Waals surface area contributed by atoms with Gasteiger partial charge in [-0.1, -0.05) is 130 Å². The first-order valence-electron chi connectivity index (χ1n) is 15.2. The summed E-state index contributed by atoms with van der Waals surface area (Å²) in [6.07, 6.45) is -4.04. The molecule has 1 heterocycles. The van der Waals surface area contributed by atoms with Gasteiger partial charge in [-0.2, -0.15) is 0 Å². The van der Waals surface area contributed by atoms with Crippen molar-refractivity contribution in [3.63, 3.8) is 0 Å². The molecule has 0 aliphatic carbocycles. The van der Waals surface area contributed by atoms with Crippen LogP contribution >= 0.6 is 0 Å². The second kappa shape index (κ2) is 14.0. The van der Waals surface area contributed by atoms with E-state index in [0.717, 1.165) is 15.9 Å². The van der Waals surface area contributed by atoms with Gasteiger partial charge in [0.15, 0.2) is 6.10 Å². The maximum atomic E-state index is 13.1. The van der Waals surface area contributed by atoms with Gasteiger partial charge in [0.25, 0.3) is 8.32 Å². The van der Waals surface area contributed by atoms with E-state index in [9.17, 15) is 9.90 Å². The molecular formula is C37H42O6Si. The Kier molecular flexibility index (Phi) is 10.1. The van der Waals surface area contributed by atoms with Gasteiger partial charge < -0.3 is 23.7 Å². The zero-order valence-electron chi connectivity index (χ0n) is 25.8. The van der Waals surface area contributed by atoms with Crippen LogP contribution in [0.3, 0.4) is 0 Å². The second-order valence-electron chi connectivity index (χ2n) is 12.3. The highest BCUT2D eigenvalue weighted by Gasteiger charge is 2.52. The Morgan fingerprint density at radius 1 is 0.773 bits per heavy atom. The van der Waals surface area contributed by atoms with Gasteiger partial charge in [-0.25, -0.2) is 4.79 Å². The molecule has 4 aromatic rings. The predicted octanol–water partition coefficient (Wildman–Crippen LogP) is 5.52. The second-order valence-corrected chi connectivity index (χ2v) is 16.6. The number of carbonyl (C=O) groups excluding carboxylic acids is 1. The number of hydrogen-bond donors (Lipinski definition) is 1. The summed E-state index contributed by atoms with van der Waals surface area (Å²) >= 11 is 0. The smallest absolute Gasteiger partial charge is 0.338 e. The fraction of sp³-hybridized carbons (Fsp3) is 0.324. The summed E-state index contributed by atoms with van der Waals surface area (Å²) in [5, 5.41) is 13.9. The van der Waals surface area contributed by atoms with Gasteiger partial charge in [0.2, 0.25) is 0 Å². The van der Waals surface area contributed by atoms with Crippen molar-refractivity contribution in [2.24, 2.45) is 0 Å². The van der Waals surface area contributed by atoms with Crippen LogP contribution < -0.4 is 10.4 Å². The number of carbonyl (C=O) groups is 1. The highest BCUT2D eigenvalue weighted by atomic mass is 28.4. The third kappa shape index (κ3) is 6.88. The molecule has 1 aliphatic heterocycles. The Hall–Kier alpha value is -3.59. The zero-order chi connectivity index (χ0) is 31.2. The molecule has 2 unspecified atom stereocenters. The number of rotatable bonds is 10. The van der Waals surface area contributed by atoms with Crippen molar-refractivity contribution in [1.82, 2.24) is 0 Å². The molecular weight excluding hydrogens is 568 g/mol. The monoisotopic (exact) mass is 610 g/mol. The molecule has 0 bridgehead atoms. The molecule has 5 rings (SSSR count). The third-order valence-corrected chi connectivity index (χ3v) is 13.3. The summed E-state index contributed by atoms with van der Waals surface area (Å²) < 4.78 is 25.8. The van der Waals surface area contributed by atoms with E-state index in [4.69, 9.17) is 18.6 Å². The van der Waals surface area contributed by atoms with E-state index < -0.39 is 44.8 Å². The van der Waals surface area contributed by atoms with Crippen LogP contribution in [0.4, 0.5) is 0 Å². The molecule has 0 amide bonds. The standard InChI is InChI=1S/C37H42O6Si/c1-27-34(43-36(39)29-19-11-6-12-20-29)35(40-25-28-17-9-5-10-18-28)33(38)32(42-27)26-41-44(37(2,3)4,30-21-13-7-14-22-30)31-23-15-8-16-24-31/h5-24,27,32-35,38H,25-26H2,1-4H3/t27-,32?,33-,34?,35+/m0/s1. The van der Waals surface area contributed by atoms with Crippen LogP contribution in [0.5, 0.6) is 0 Å². The third-order valence-electron chi connectivity index (χ3n) is 8.31. The lowest BCUT2D eigenvalue weighted by Gasteiger charge is -2.46. The molecule has 0 spiro atoms. The first kappa shape index (κ1) is 31.8. The van der Waals surface area contributed by atoms with E-state index in [2.05, 4.69) is 45.0 Å². The van der Waals surface area contributed by atoms with Crippen LogP contribution in [0.25, 0.3) is 0 Å². The molecule has 230 valence electrons. The maximum absolute atomic E-state index is 13.1. The summed E-state index contributed by atoms with van der Waals surface area (Å²) in [5.74, 6) is -0.492. The van der Waals surface area contributed by atoms with Crippen LogP contribution in [-0.4, -0.2) is 56.5 Å². The summed E-state index contributed by atoms with van der Waals surface area (Å²) in [6.45, 7) is 8.88. The zero-order valence-corrected chi connectivity index (χ0v) is 26.8. The number of aliphatic hydroxyl groups excluding tert-OH is 1. The predicted molar refractivity (Wildman–Crippen MR) is 175 cm³/mol. The van der Waals surface area contributed by atoms with Crippen molar-refractivity contribution in [3.05, 3.63) is 132 Å². The van der Waals surface area contributed by atoms with Crippen LogP contribution in [0.1, 0.15) is 43.6 Å². The first-order chi connectivity index (χ1) is 21.2. The summed E-state index contributed by atoms with van der Waals surface area (Å²) in [7, 11) is -2.88. The average molecular weight is 611 g/mol. The van der Waals surface area contributed by atoms with Crippen LogP contribution in [-0.2, 0) is 25.2 Å². The average Bonchev–Trinajstić information content (AvgIpc) is 3.04. The lowest BCUT2D eigenvalue weighted by atomic mass is 9.95. The molecule has 0 saturated carbocycles. The molecule has 44 heavy (non-hydrogen) atoms. The van der Waals surface area contributed by atoms with Gasteiger partial charge in [-0.05, 0) is 40.0 Å². The van der Waals surface area contributed by atoms with E-state index in [1.165, 1.54) is 0 Å². The lowest BCUT2D eigenvalue weighted by molar-refractivity contribution is -0.238. The molecule has 7 heteroatoms. The largest absolute Gasteiger partial charge is 0.453 e. The number of benzene rings is 4. The highest BCUT2D eigenvalue weighted by molar-refractivity contribution is 6.99. The maximum Gasteiger partial charge on any atom is 0.338 e. The molecule has 1 N–H and O–H groups in total. The fourth-order valence-electron chi connectivity index (χ4n) is 6.10. The van der Waals surface area contributed by atoms with E-state index in [1.807, 2.05) is 79.7 Å². The van der Waals surface area contributed by atoms with Crippen molar-refractivity contribution >= 4 is 24.7 Å². The minimum Gasteiger partial charge on any atom is -0.453 e. The SMILES string of the molecule is C[C@@H]1OC(CO[Si](c2ccccc2)(c2ccccc2)C(C)(C)C)[C@H](O)[C@@H](OCc2ccccc2)C1OC(=O)c1ccccc1. The Bertz CT molecular complexity index is 1420. The molecule has 1 saturated heterocycles. The molecule has 1 fully saturated rings. The molecule has 4 aromatic carbocycles. The van der Waals surface area contributed by atoms with Crippen molar-refractivity contribution in [3.8, 4) is 0 Å². The van der Waals surface area contributed by atoms with Gasteiger partial charge >= 0.3 is 5.97 Å². The van der Waals surface area contributed by atoms with E-state index in [1.54, 1.807) is 24.3 Å². The van der Waals surface area contributed by atoms with E-state index >= 15 is 0 Å². The molecule has 0 aromatic heterocycles. The topological polar surface area (TPSA) is 74.2 Å². The Morgan fingerprint density at radius 3 is 1.80 bits per heavy atom. The summed E-state index contributed by atoms with van der Waals surface area (Å²) in [6, 6.07) is 39.3. The first-order valence-corrected chi connectivity index (χ1v) is 17.1. The quantitative estimate of drug-likeness (QED) is 0.188.